The molecule has 2 heterocycles. The first-order valence-corrected chi connectivity index (χ1v) is 10.6. The van der Waals surface area contributed by atoms with Crippen molar-refractivity contribution in [3.63, 3.8) is 0 Å². The molecule has 0 bridgehead atoms. The molecule has 2 aliphatic heterocycles. The number of esters is 1. The van der Waals surface area contributed by atoms with E-state index in [-0.39, 0.29) is 5.97 Å². The molecule has 5 heteroatoms. The Morgan fingerprint density at radius 1 is 1.03 bits per heavy atom. The summed E-state index contributed by atoms with van der Waals surface area (Å²) in [5.41, 5.74) is 1.06. The van der Waals surface area contributed by atoms with Gasteiger partial charge in [-0.25, -0.2) is 0 Å². The Balaban J connectivity index is 1.58. The summed E-state index contributed by atoms with van der Waals surface area (Å²) in [7, 11) is 2.15. The zero-order valence-corrected chi connectivity index (χ0v) is 17.2. The number of hydrogen-bond acceptors (Lipinski definition) is 5. The molecule has 1 saturated heterocycles. The Labute approximate surface area is 173 Å². The van der Waals surface area contributed by atoms with Crippen LogP contribution in [0.15, 0.2) is 54.6 Å². The summed E-state index contributed by atoms with van der Waals surface area (Å²) in [5, 5.41) is 0. The van der Waals surface area contributed by atoms with Crippen LogP contribution in [0.5, 0.6) is 5.75 Å². The van der Waals surface area contributed by atoms with Crippen LogP contribution in [0.25, 0.3) is 0 Å². The molecule has 5 nitrogen and oxygen atoms in total. The fourth-order valence-corrected chi connectivity index (χ4v) is 4.41. The number of hydrogen-bond donors (Lipinski definition) is 0. The van der Waals surface area contributed by atoms with Gasteiger partial charge in [-0.3, -0.25) is 9.69 Å². The number of benzene rings is 2. The number of carbonyl (C=O) groups is 1. The molecule has 1 fully saturated rings. The van der Waals surface area contributed by atoms with Gasteiger partial charge in [0.1, 0.15) is 17.8 Å². The first kappa shape index (κ1) is 19.9. The topological polar surface area (TPSA) is 42.0 Å². The molecule has 4 rings (SSSR count). The second-order valence-electron chi connectivity index (χ2n) is 8.00. The second-order valence-corrected chi connectivity index (χ2v) is 8.00. The Morgan fingerprint density at radius 2 is 1.76 bits per heavy atom. The molecule has 0 N–H and O–H groups in total. The summed E-state index contributed by atoms with van der Waals surface area (Å²) >= 11 is 0. The van der Waals surface area contributed by atoms with Crippen molar-refractivity contribution in [2.24, 2.45) is 0 Å². The smallest absolute Gasteiger partial charge is 0.321 e. The first-order chi connectivity index (χ1) is 14.2. The fourth-order valence-electron chi connectivity index (χ4n) is 4.41. The van der Waals surface area contributed by atoms with Gasteiger partial charge in [-0.15, -0.1) is 0 Å². The Kier molecular flexibility index (Phi) is 6.16. The molecule has 0 saturated carbocycles. The maximum atomic E-state index is 13.6. The van der Waals surface area contributed by atoms with E-state index in [1.165, 1.54) is 0 Å². The molecule has 154 valence electrons. The first-order valence-electron chi connectivity index (χ1n) is 10.6. The molecule has 2 aliphatic rings. The molecule has 1 atom stereocenters. The molecular weight excluding hydrogens is 364 g/mol. The quantitative estimate of drug-likeness (QED) is 0.730. The van der Waals surface area contributed by atoms with E-state index in [4.69, 9.17) is 9.47 Å². The molecule has 1 unspecified atom stereocenters. The lowest BCUT2D eigenvalue weighted by molar-refractivity contribution is -0.149. The van der Waals surface area contributed by atoms with Crippen LogP contribution in [0.3, 0.4) is 0 Å². The van der Waals surface area contributed by atoms with Crippen LogP contribution in [-0.4, -0.2) is 68.8 Å². The third-order valence-electron chi connectivity index (χ3n) is 6.15. The SMILES string of the molecule is CN1CCN(CCOC(=O)C2(c3ccccc3)CCCOc3ccccc32)CC1. The summed E-state index contributed by atoms with van der Waals surface area (Å²) in [4.78, 5) is 18.3. The minimum atomic E-state index is -0.823. The van der Waals surface area contributed by atoms with Crippen molar-refractivity contribution in [3.8, 4) is 5.75 Å². The van der Waals surface area contributed by atoms with Crippen molar-refractivity contribution in [1.29, 1.82) is 0 Å². The van der Waals surface area contributed by atoms with Gasteiger partial charge < -0.3 is 14.4 Å². The Bertz CT molecular complexity index is 818. The minimum absolute atomic E-state index is 0.171. The molecule has 0 radical (unpaired) electrons. The zero-order chi connectivity index (χ0) is 20.1. The van der Waals surface area contributed by atoms with Crippen LogP contribution in [0, 0.1) is 0 Å². The van der Waals surface area contributed by atoms with E-state index >= 15 is 0 Å². The second kappa shape index (κ2) is 8.97. The third-order valence-corrected chi connectivity index (χ3v) is 6.15. The third kappa shape index (κ3) is 4.16. The van der Waals surface area contributed by atoms with Crippen LogP contribution in [0.1, 0.15) is 24.0 Å². The predicted octanol–water partition coefficient (Wildman–Crippen LogP) is 2.94. The van der Waals surface area contributed by atoms with Crippen molar-refractivity contribution >= 4 is 5.97 Å². The van der Waals surface area contributed by atoms with E-state index in [9.17, 15) is 4.79 Å². The monoisotopic (exact) mass is 394 g/mol. The van der Waals surface area contributed by atoms with Crippen molar-refractivity contribution in [2.75, 3.05) is 53.0 Å². The highest BCUT2D eigenvalue weighted by atomic mass is 16.5. The minimum Gasteiger partial charge on any atom is -0.493 e. The molecule has 29 heavy (non-hydrogen) atoms. The van der Waals surface area contributed by atoms with Gasteiger partial charge in [0.2, 0.25) is 0 Å². The number of piperazine rings is 1. The van der Waals surface area contributed by atoms with Crippen molar-refractivity contribution < 1.29 is 14.3 Å². The lowest BCUT2D eigenvalue weighted by Crippen LogP contribution is -2.46. The van der Waals surface area contributed by atoms with Crippen molar-refractivity contribution in [2.45, 2.75) is 18.3 Å². The van der Waals surface area contributed by atoms with Crippen molar-refractivity contribution in [3.05, 3.63) is 65.7 Å². The van der Waals surface area contributed by atoms with E-state index in [1.807, 2.05) is 54.6 Å². The number of likely N-dealkylation sites (N-methyl/N-ethyl adjacent to an activating group) is 1. The van der Waals surface area contributed by atoms with Crippen LogP contribution in [-0.2, 0) is 14.9 Å². The van der Waals surface area contributed by atoms with Gasteiger partial charge >= 0.3 is 5.97 Å². The fraction of sp³-hybridized carbons (Fsp3) is 0.458. The highest BCUT2D eigenvalue weighted by Gasteiger charge is 2.46. The van der Waals surface area contributed by atoms with Gasteiger partial charge in [-0.1, -0.05) is 48.5 Å². The average molecular weight is 395 g/mol. The highest BCUT2D eigenvalue weighted by Crippen LogP contribution is 2.44. The highest BCUT2D eigenvalue weighted by molar-refractivity contribution is 5.88. The maximum Gasteiger partial charge on any atom is 0.321 e. The number of rotatable bonds is 5. The summed E-state index contributed by atoms with van der Waals surface area (Å²) < 4.78 is 11.9. The van der Waals surface area contributed by atoms with E-state index in [1.54, 1.807) is 0 Å². The summed E-state index contributed by atoms with van der Waals surface area (Å²) in [6.45, 7) is 5.98. The predicted molar refractivity (Wildman–Crippen MR) is 113 cm³/mol. The normalized spacial score (nSPS) is 22.9. The van der Waals surface area contributed by atoms with Crippen LogP contribution >= 0.6 is 0 Å². The van der Waals surface area contributed by atoms with Crippen LogP contribution < -0.4 is 4.74 Å². The van der Waals surface area contributed by atoms with E-state index in [0.717, 1.165) is 56.0 Å². The van der Waals surface area contributed by atoms with Gasteiger partial charge in [0.25, 0.3) is 0 Å². The van der Waals surface area contributed by atoms with Crippen molar-refractivity contribution in [1.82, 2.24) is 9.80 Å². The lowest BCUT2D eigenvalue weighted by atomic mass is 9.71. The Morgan fingerprint density at radius 3 is 2.55 bits per heavy atom. The number of fused-ring (bicyclic) bond motifs is 1. The Hall–Kier alpha value is -2.37. The number of para-hydroxylation sites is 1. The van der Waals surface area contributed by atoms with Gasteiger partial charge in [-0.2, -0.15) is 0 Å². The number of ether oxygens (including phenoxy) is 2. The molecule has 0 amide bonds. The molecule has 0 spiro atoms. The van der Waals surface area contributed by atoms with E-state index < -0.39 is 5.41 Å². The largest absolute Gasteiger partial charge is 0.493 e. The zero-order valence-electron chi connectivity index (χ0n) is 17.2. The molecular formula is C24H30N2O3. The van der Waals surface area contributed by atoms with Crippen LogP contribution in [0.2, 0.25) is 0 Å². The molecule has 2 aromatic carbocycles. The van der Waals surface area contributed by atoms with Crippen LogP contribution in [0.4, 0.5) is 0 Å². The van der Waals surface area contributed by atoms with Gasteiger partial charge in [0.05, 0.1) is 6.61 Å². The molecule has 0 aliphatic carbocycles. The summed E-state index contributed by atoms with van der Waals surface area (Å²) in [6.07, 6.45) is 1.48. The number of nitrogens with zero attached hydrogens (tertiary/aromatic N) is 2. The summed E-state index contributed by atoms with van der Waals surface area (Å²) in [5.74, 6) is 0.612. The average Bonchev–Trinajstić information content (AvgIpc) is 2.96. The molecule has 2 aromatic rings. The standard InChI is InChI=1S/C24H30N2O3/c1-25-13-15-26(16-14-25)17-19-29-23(27)24(20-8-3-2-4-9-20)12-7-18-28-22-11-6-5-10-21(22)24/h2-6,8-11H,7,12-19H2,1H3. The lowest BCUT2D eigenvalue weighted by Gasteiger charge is -2.34. The van der Waals surface area contributed by atoms with E-state index in [2.05, 4.69) is 16.8 Å². The molecule has 0 aromatic heterocycles. The van der Waals surface area contributed by atoms with Gasteiger partial charge in [0.15, 0.2) is 0 Å². The van der Waals surface area contributed by atoms with E-state index in [0.29, 0.717) is 19.6 Å². The van der Waals surface area contributed by atoms with Gasteiger partial charge in [0, 0.05) is 38.3 Å². The maximum absolute atomic E-state index is 13.6. The summed E-state index contributed by atoms with van der Waals surface area (Å²) in [6, 6.07) is 17.9. The van der Waals surface area contributed by atoms with Gasteiger partial charge in [-0.05, 0) is 31.5 Å². The number of carbonyl (C=O) groups excluding carboxylic acids is 1.